The molecule has 0 unspecified atom stereocenters. The summed E-state index contributed by atoms with van der Waals surface area (Å²) in [7, 11) is 0. The minimum absolute atomic E-state index is 0.0347. The lowest BCUT2D eigenvalue weighted by Gasteiger charge is -2.06. The van der Waals surface area contributed by atoms with E-state index >= 15 is 0 Å². The highest BCUT2D eigenvalue weighted by Crippen LogP contribution is 2.17. The summed E-state index contributed by atoms with van der Waals surface area (Å²) in [6, 6.07) is 3.23. The van der Waals surface area contributed by atoms with Gasteiger partial charge in [-0.3, -0.25) is 0 Å². The van der Waals surface area contributed by atoms with Gasteiger partial charge in [-0.1, -0.05) is 12.7 Å². The number of ether oxygens (including phenoxy) is 2. The number of hydrogen-bond acceptors (Lipinski definition) is 9. The third-order valence-electron chi connectivity index (χ3n) is 2.13. The van der Waals surface area contributed by atoms with Crippen LogP contribution in [0.3, 0.4) is 0 Å². The molecule has 21 heavy (non-hydrogen) atoms. The van der Waals surface area contributed by atoms with Crippen molar-refractivity contribution in [1.82, 2.24) is 25.1 Å². The molecule has 3 N–H and O–H groups in total. The number of aromatic nitrogens is 5. The second-order valence-electron chi connectivity index (χ2n) is 3.74. The smallest absolute Gasteiger partial charge is 0.330 e. The van der Waals surface area contributed by atoms with E-state index in [2.05, 4.69) is 37.0 Å². The van der Waals surface area contributed by atoms with Crippen molar-refractivity contribution in [1.29, 1.82) is 0 Å². The molecule has 0 atom stereocenters. The summed E-state index contributed by atoms with van der Waals surface area (Å²) in [6.07, 6.45) is 1.61. The van der Waals surface area contributed by atoms with Crippen molar-refractivity contribution < 1.29 is 9.47 Å². The average Bonchev–Trinajstić information content (AvgIpc) is 2.46. The molecule has 0 radical (unpaired) electrons. The molecule has 0 bridgehead atoms. The molecule has 2 aromatic rings. The molecule has 0 aliphatic carbocycles. The van der Waals surface area contributed by atoms with Crippen molar-refractivity contribution in [3.63, 3.8) is 0 Å². The average molecular weight is 289 g/mol. The number of nitrogen functional groups attached to an aromatic ring is 1. The normalized spacial score (nSPS) is 9.95. The number of hydrogen-bond donors (Lipinski definition) is 2. The van der Waals surface area contributed by atoms with Crippen LogP contribution in [0.25, 0.3) is 0 Å². The molecule has 0 aromatic carbocycles. The van der Waals surface area contributed by atoms with E-state index in [-0.39, 0.29) is 17.8 Å². The van der Waals surface area contributed by atoms with Gasteiger partial charge in [-0.25, -0.2) is 0 Å². The Morgan fingerprint density at radius 3 is 2.67 bits per heavy atom. The highest BCUT2D eigenvalue weighted by atomic mass is 16.5. The van der Waals surface area contributed by atoms with E-state index in [1.165, 1.54) is 0 Å². The van der Waals surface area contributed by atoms with E-state index < -0.39 is 0 Å². The fourth-order valence-corrected chi connectivity index (χ4v) is 1.33. The number of nitrogens with one attached hydrogen (secondary N) is 1. The van der Waals surface area contributed by atoms with Crippen LogP contribution in [0.5, 0.6) is 17.8 Å². The summed E-state index contributed by atoms with van der Waals surface area (Å²) in [6.45, 7) is 6.46. The summed E-state index contributed by atoms with van der Waals surface area (Å²) in [5.74, 6) is 0.966. The Hall–Kier alpha value is -2.97. The van der Waals surface area contributed by atoms with E-state index in [0.717, 1.165) is 0 Å². The van der Waals surface area contributed by atoms with Gasteiger partial charge in [-0.05, 0) is 6.92 Å². The second-order valence-corrected chi connectivity index (χ2v) is 3.74. The van der Waals surface area contributed by atoms with Gasteiger partial charge in [0.05, 0.1) is 0 Å². The van der Waals surface area contributed by atoms with E-state index in [1.807, 2.05) is 6.92 Å². The van der Waals surface area contributed by atoms with Gasteiger partial charge in [0.25, 0.3) is 0 Å². The second kappa shape index (κ2) is 6.98. The van der Waals surface area contributed by atoms with Crippen LogP contribution in [0.2, 0.25) is 0 Å². The Kier molecular flexibility index (Phi) is 4.80. The Bertz CT molecular complexity index is 603. The van der Waals surface area contributed by atoms with E-state index in [4.69, 9.17) is 15.2 Å². The van der Waals surface area contributed by atoms with Gasteiger partial charge in [0, 0.05) is 18.7 Å². The fourth-order valence-electron chi connectivity index (χ4n) is 1.33. The molecule has 0 saturated carbocycles. The molecular formula is C12H15N7O2. The van der Waals surface area contributed by atoms with Crippen molar-refractivity contribution in [2.75, 3.05) is 24.2 Å². The van der Waals surface area contributed by atoms with Gasteiger partial charge < -0.3 is 20.5 Å². The van der Waals surface area contributed by atoms with Gasteiger partial charge in [0.1, 0.15) is 6.61 Å². The largest absolute Gasteiger partial charge is 0.472 e. The number of nitrogens with zero attached hydrogens (tertiary/aromatic N) is 5. The molecule has 0 amide bonds. The van der Waals surface area contributed by atoms with E-state index in [1.54, 1.807) is 18.2 Å². The van der Waals surface area contributed by atoms with E-state index in [9.17, 15) is 0 Å². The minimum atomic E-state index is 0.0347. The molecule has 2 aromatic heterocycles. The predicted molar refractivity (Wildman–Crippen MR) is 76.2 cm³/mol. The topological polar surface area (TPSA) is 121 Å². The molecule has 0 aliphatic rings. The van der Waals surface area contributed by atoms with Crippen LogP contribution in [0.1, 0.15) is 6.92 Å². The monoisotopic (exact) mass is 289 g/mol. The Morgan fingerprint density at radius 1 is 1.24 bits per heavy atom. The SMILES string of the molecule is C=CCOc1ccc(Oc2nc(N)nc(NCC)n2)nn1. The molecule has 9 heteroatoms. The van der Waals surface area contributed by atoms with Crippen LogP contribution < -0.4 is 20.5 Å². The zero-order valence-electron chi connectivity index (χ0n) is 11.5. The van der Waals surface area contributed by atoms with Crippen LogP contribution >= 0.6 is 0 Å². The molecule has 0 spiro atoms. The standard InChI is InChI=1S/C12H15N7O2/c1-3-7-20-8-5-6-9(19-18-8)21-12-16-10(13)15-11(17-12)14-4-2/h3,5-6H,1,4,7H2,2H3,(H3,13,14,15,16,17). The molecule has 110 valence electrons. The lowest BCUT2D eigenvalue weighted by Crippen LogP contribution is -2.07. The molecule has 0 fully saturated rings. The van der Waals surface area contributed by atoms with Crippen LogP contribution in [0.15, 0.2) is 24.8 Å². The summed E-state index contributed by atoms with van der Waals surface area (Å²) in [4.78, 5) is 11.8. The zero-order valence-corrected chi connectivity index (χ0v) is 11.5. The van der Waals surface area contributed by atoms with Gasteiger partial charge in [-0.2, -0.15) is 15.0 Å². The van der Waals surface area contributed by atoms with Crippen molar-refractivity contribution in [2.45, 2.75) is 6.92 Å². The first kappa shape index (κ1) is 14.4. The highest BCUT2D eigenvalue weighted by Gasteiger charge is 2.07. The maximum atomic E-state index is 5.57. The third kappa shape index (κ3) is 4.27. The van der Waals surface area contributed by atoms with Crippen molar-refractivity contribution in [3.05, 3.63) is 24.8 Å². The first-order valence-electron chi connectivity index (χ1n) is 6.22. The molecule has 0 saturated heterocycles. The number of rotatable bonds is 7. The van der Waals surface area contributed by atoms with Crippen molar-refractivity contribution in [3.8, 4) is 17.8 Å². The summed E-state index contributed by atoms with van der Waals surface area (Å²) < 4.78 is 10.6. The zero-order chi connectivity index (χ0) is 15.1. The van der Waals surface area contributed by atoms with Gasteiger partial charge in [0.15, 0.2) is 0 Å². The first-order chi connectivity index (χ1) is 10.2. The highest BCUT2D eigenvalue weighted by molar-refractivity contribution is 5.33. The number of anilines is 2. The molecule has 2 rings (SSSR count). The summed E-state index contributed by atoms with van der Waals surface area (Å²) in [5.41, 5.74) is 5.57. The molecular weight excluding hydrogens is 274 g/mol. The van der Waals surface area contributed by atoms with Gasteiger partial charge >= 0.3 is 6.01 Å². The van der Waals surface area contributed by atoms with Crippen LogP contribution in [0.4, 0.5) is 11.9 Å². The molecule has 9 nitrogen and oxygen atoms in total. The van der Waals surface area contributed by atoms with Crippen LogP contribution in [-0.2, 0) is 0 Å². The van der Waals surface area contributed by atoms with Crippen LogP contribution in [-0.4, -0.2) is 38.3 Å². The summed E-state index contributed by atoms with van der Waals surface area (Å²) >= 11 is 0. The third-order valence-corrected chi connectivity index (χ3v) is 2.13. The summed E-state index contributed by atoms with van der Waals surface area (Å²) in [5, 5.41) is 10.6. The van der Waals surface area contributed by atoms with Crippen molar-refractivity contribution in [2.24, 2.45) is 0 Å². The lowest BCUT2D eigenvalue weighted by atomic mass is 10.5. The minimum Gasteiger partial charge on any atom is -0.472 e. The lowest BCUT2D eigenvalue weighted by molar-refractivity contribution is 0.338. The Labute approximate surface area is 121 Å². The maximum Gasteiger partial charge on any atom is 0.330 e. The number of nitrogens with two attached hydrogens (primary N) is 1. The van der Waals surface area contributed by atoms with Crippen LogP contribution in [0, 0.1) is 0 Å². The van der Waals surface area contributed by atoms with Gasteiger partial charge in [-0.15, -0.1) is 10.2 Å². The predicted octanol–water partition coefficient (Wildman–Crippen LogP) is 1.03. The fraction of sp³-hybridized carbons (Fsp3) is 0.250. The van der Waals surface area contributed by atoms with Crippen molar-refractivity contribution >= 4 is 11.9 Å². The quantitative estimate of drug-likeness (QED) is 0.719. The maximum absolute atomic E-state index is 5.57. The van der Waals surface area contributed by atoms with Gasteiger partial charge in [0.2, 0.25) is 23.7 Å². The first-order valence-corrected chi connectivity index (χ1v) is 6.22. The molecule has 0 aliphatic heterocycles. The molecule has 2 heterocycles. The Morgan fingerprint density at radius 2 is 2.00 bits per heavy atom. The van der Waals surface area contributed by atoms with E-state index in [0.29, 0.717) is 25.0 Å². The Balaban J connectivity index is 2.08.